The monoisotopic (exact) mass is 468 g/mol. The Balaban J connectivity index is 0.000000194. The van der Waals surface area contributed by atoms with Crippen LogP contribution in [0.1, 0.15) is 38.4 Å². The van der Waals surface area contributed by atoms with Crippen molar-refractivity contribution in [3.63, 3.8) is 0 Å². The van der Waals surface area contributed by atoms with E-state index in [1.807, 2.05) is 74.4 Å². The minimum absolute atomic E-state index is 0.698. The fraction of sp³-hybridized carbons (Fsp3) is 0.481. The molecule has 1 saturated carbocycles. The zero-order valence-electron chi connectivity index (χ0n) is 20.4. The van der Waals surface area contributed by atoms with Gasteiger partial charge in [-0.15, -0.1) is 0 Å². The van der Waals surface area contributed by atoms with Crippen molar-refractivity contribution in [3.05, 3.63) is 59.4 Å². The number of aryl methyl sites for hydroxylation is 1. The van der Waals surface area contributed by atoms with Crippen LogP contribution in [0.2, 0.25) is 5.02 Å². The maximum atomic E-state index is 5.90. The number of fused-ring (bicyclic) bond motifs is 1. The highest BCUT2D eigenvalue weighted by molar-refractivity contribution is 6.30. The summed E-state index contributed by atoms with van der Waals surface area (Å²) in [6.45, 7) is 7.01. The predicted molar refractivity (Wildman–Crippen MR) is 140 cm³/mol. The highest BCUT2D eigenvalue weighted by Crippen LogP contribution is 2.27. The molecule has 5 nitrogen and oxygen atoms in total. The number of nitrogens with zero attached hydrogens (tertiary/aromatic N) is 3. The molecule has 4 rings (SSSR count). The molecule has 0 amide bonds. The Bertz CT molecular complexity index is 1000. The summed E-state index contributed by atoms with van der Waals surface area (Å²) < 4.78 is 5.65. The molecular weight excluding hydrogens is 432 g/mol. The van der Waals surface area contributed by atoms with E-state index in [0.29, 0.717) is 6.61 Å². The highest BCUT2D eigenvalue weighted by atomic mass is 35.5. The minimum atomic E-state index is 0.698. The number of hydrogen-bond donors (Lipinski definition) is 1. The third-order valence-corrected chi connectivity index (χ3v) is 6.27. The minimum Gasteiger partial charge on any atom is -0.492 e. The Hall–Kier alpha value is -2.37. The molecule has 0 aliphatic heterocycles. The molecule has 33 heavy (non-hydrogen) atoms. The molecule has 0 unspecified atom stereocenters. The molecule has 1 heterocycles. The molecule has 0 atom stereocenters. The Morgan fingerprint density at radius 1 is 1.03 bits per heavy atom. The first-order chi connectivity index (χ1) is 15.9. The molecule has 2 aromatic carbocycles. The number of ether oxygens (including phenoxy) is 1. The lowest BCUT2D eigenvalue weighted by molar-refractivity contribution is 0.268. The Morgan fingerprint density at radius 3 is 2.52 bits per heavy atom. The fourth-order valence-corrected chi connectivity index (χ4v) is 4.33. The van der Waals surface area contributed by atoms with Crippen LogP contribution in [0.25, 0.3) is 10.9 Å². The van der Waals surface area contributed by atoms with E-state index in [4.69, 9.17) is 16.3 Å². The summed E-state index contributed by atoms with van der Waals surface area (Å²) >= 11 is 5.90. The number of hydrogen-bond acceptors (Lipinski definition) is 5. The first-order valence-corrected chi connectivity index (χ1v) is 12.3. The molecule has 178 valence electrons. The second-order valence-corrected chi connectivity index (χ2v) is 9.58. The summed E-state index contributed by atoms with van der Waals surface area (Å²) in [5.74, 6) is 4.44. The van der Waals surface area contributed by atoms with Crippen LogP contribution in [0, 0.1) is 18.8 Å². The summed E-state index contributed by atoms with van der Waals surface area (Å²) in [6, 6.07) is 15.6. The topological polar surface area (TPSA) is 50.3 Å². The molecule has 1 aliphatic rings. The van der Waals surface area contributed by atoms with E-state index in [1.54, 1.807) is 0 Å². The number of halogens is 1. The van der Waals surface area contributed by atoms with Gasteiger partial charge in [-0.1, -0.05) is 49.6 Å². The summed E-state index contributed by atoms with van der Waals surface area (Å²) in [6.07, 6.45) is 5.54. The number of rotatable bonds is 7. The summed E-state index contributed by atoms with van der Waals surface area (Å²) in [5.41, 5.74) is 1.00. The van der Waals surface area contributed by atoms with E-state index in [9.17, 15) is 0 Å². The standard InChI is InChI=1S/C16H24ClNO.C11H13N3/c1-13-5-7-14(8-6-13)12-18-9-10-19-16-4-2-3-15(17)11-16;1-8-12-10-7-5-4-6-9(10)11(13-8)14(2)3/h2-4,11,13-14,18H,5-10,12H2,1H3;4-7H,1-3H3. The van der Waals surface area contributed by atoms with Crippen LogP contribution in [0.4, 0.5) is 5.82 Å². The zero-order valence-corrected chi connectivity index (χ0v) is 21.1. The molecule has 6 heteroatoms. The summed E-state index contributed by atoms with van der Waals surface area (Å²) in [7, 11) is 3.99. The smallest absolute Gasteiger partial charge is 0.139 e. The largest absolute Gasteiger partial charge is 0.492 e. The molecule has 1 aliphatic carbocycles. The van der Waals surface area contributed by atoms with Crippen LogP contribution in [-0.2, 0) is 0 Å². The number of aromatic nitrogens is 2. The van der Waals surface area contributed by atoms with E-state index < -0.39 is 0 Å². The van der Waals surface area contributed by atoms with Gasteiger partial charge in [0.25, 0.3) is 0 Å². The normalized spacial score (nSPS) is 17.8. The van der Waals surface area contributed by atoms with Crippen molar-refractivity contribution >= 4 is 28.3 Å². The number of para-hydroxylation sites is 1. The van der Waals surface area contributed by atoms with Gasteiger partial charge in [-0.3, -0.25) is 0 Å². The van der Waals surface area contributed by atoms with E-state index in [0.717, 1.165) is 58.2 Å². The van der Waals surface area contributed by atoms with Gasteiger partial charge in [-0.05, 0) is 68.5 Å². The van der Waals surface area contributed by atoms with Crippen LogP contribution < -0.4 is 15.0 Å². The van der Waals surface area contributed by atoms with Gasteiger partial charge in [0.15, 0.2) is 0 Å². The quantitative estimate of drug-likeness (QED) is 0.422. The molecule has 3 aromatic rings. The first kappa shape index (κ1) is 25.3. The molecule has 0 spiro atoms. The zero-order chi connectivity index (χ0) is 23.6. The first-order valence-electron chi connectivity index (χ1n) is 11.9. The number of nitrogens with one attached hydrogen (secondary N) is 1. The van der Waals surface area contributed by atoms with Gasteiger partial charge in [0.05, 0.1) is 5.52 Å². The van der Waals surface area contributed by atoms with Gasteiger partial charge in [0, 0.05) is 31.0 Å². The third-order valence-electron chi connectivity index (χ3n) is 6.03. The van der Waals surface area contributed by atoms with Crippen LogP contribution in [0.3, 0.4) is 0 Å². The van der Waals surface area contributed by atoms with Crippen LogP contribution in [-0.4, -0.2) is 43.8 Å². The van der Waals surface area contributed by atoms with Crippen LogP contribution in [0.15, 0.2) is 48.5 Å². The van der Waals surface area contributed by atoms with Crippen molar-refractivity contribution in [2.24, 2.45) is 11.8 Å². The highest BCUT2D eigenvalue weighted by Gasteiger charge is 2.17. The van der Waals surface area contributed by atoms with Crippen molar-refractivity contribution in [3.8, 4) is 5.75 Å². The van der Waals surface area contributed by atoms with Crippen molar-refractivity contribution < 1.29 is 4.74 Å². The Labute approximate surface area is 203 Å². The maximum absolute atomic E-state index is 5.90. The fourth-order valence-electron chi connectivity index (χ4n) is 4.15. The summed E-state index contributed by atoms with van der Waals surface area (Å²) in [5, 5.41) is 5.32. The summed E-state index contributed by atoms with van der Waals surface area (Å²) in [4.78, 5) is 10.8. The number of benzene rings is 2. The predicted octanol–water partition coefficient (Wildman–Crippen LogP) is 6.14. The van der Waals surface area contributed by atoms with Gasteiger partial charge in [-0.25, -0.2) is 9.97 Å². The van der Waals surface area contributed by atoms with E-state index in [-0.39, 0.29) is 0 Å². The molecule has 1 aromatic heterocycles. The second kappa shape index (κ2) is 12.8. The lowest BCUT2D eigenvalue weighted by Crippen LogP contribution is -2.29. The average molecular weight is 469 g/mol. The van der Waals surface area contributed by atoms with Gasteiger partial charge in [-0.2, -0.15) is 0 Å². The van der Waals surface area contributed by atoms with E-state index in [2.05, 4.69) is 22.2 Å². The maximum Gasteiger partial charge on any atom is 0.139 e. The van der Waals surface area contributed by atoms with Gasteiger partial charge < -0.3 is 15.0 Å². The molecular formula is C27H37ClN4O. The van der Waals surface area contributed by atoms with E-state index in [1.165, 1.54) is 25.7 Å². The SMILES string of the molecule is CC1CCC(CNCCOc2cccc(Cl)c2)CC1.Cc1nc(N(C)C)c2ccccc2n1. The van der Waals surface area contributed by atoms with Gasteiger partial charge >= 0.3 is 0 Å². The van der Waals surface area contributed by atoms with Crippen molar-refractivity contribution in [2.45, 2.75) is 39.5 Å². The van der Waals surface area contributed by atoms with Crippen molar-refractivity contribution in [1.29, 1.82) is 0 Å². The third kappa shape index (κ3) is 8.17. The molecule has 1 fully saturated rings. The Morgan fingerprint density at radius 2 is 1.79 bits per heavy atom. The Kier molecular flexibility index (Phi) is 9.76. The van der Waals surface area contributed by atoms with Crippen LogP contribution >= 0.6 is 11.6 Å². The van der Waals surface area contributed by atoms with Gasteiger partial charge in [0.2, 0.25) is 0 Å². The lowest BCUT2D eigenvalue weighted by Gasteiger charge is -2.26. The number of anilines is 1. The van der Waals surface area contributed by atoms with Crippen LogP contribution in [0.5, 0.6) is 5.75 Å². The molecule has 1 N–H and O–H groups in total. The van der Waals surface area contributed by atoms with Gasteiger partial charge in [0.1, 0.15) is 24.0 Å². The van der Waals surface area contributed by atoms with Crippen molar-refractivity contribution in [2.75, 3.05) is 38.7 Å². The average Bonchev–Trinajstić information content (AvgIpc) is 2.80. The molecule has 0 saturated heterocycles. The lowest BCUT2D eigenvalue weighted by atomic mass is 9.83. The molecule has 0 radical (unpaired) electrons. The second-order valence-electron chi connectivity index (χ2n) is 9.14. The van der Waals surface area contributed by atoms with Crippen molar-refractivity contribution in [1.82, 2.24) is 15.3 Å². The van der Waals surface area contributed by atoms with E-state index >= 15 is 0 Å². The molecule has 0 bridgehead atoms.